The third kappa shape index (κ3) is 3.25. The van der Waals surface area contributed by atoms with E-state index in [1.165, 1.54) is 23.4 Å². The molecule has 1 aliphatic rings. The van der Waals surface area contributed by atoms with Crippen molar-refractivity contribution in [2.24, 2.45) is 7.05 Å². The molecule has 0 saturated carbocycles. The summed E-state index contributed by atoms with van der Waals surface area (Å²) >= 11 is 0. The Balaban J connectivity index is 0.00000147. The lowest BCUT2D eigenvalue weighted by Gasteiger charge is -2.24. The Labute approximate surface area is 126 Å². The zero-order valence-corrected chi connectivity index (χ0v) is 12.6. The number of para-hydroxylation sites is 2. The number of halogens is 1. The number of aromatic nitrogens is 2. The van der Waals surface area contributed by atoms with Crippen LogP contribution in [0.15, 0.2) is 36.7 Å². The molecule has 0 radical (unpaired) electrons. The number of nitrogens with zero attached hydrogens (tertiary/aromatic N) is 3. The predicted octanol–water partition coefficient (Wildman–Crippen LogP) is 2.71. The van der Waals surface area contributed by atoms with Gasteiger partial charge in [0.2, 0.25) is 0 Å². The quantitative estimate of drug-likeness (QED) is 0.944. The summed E-state index contributed by atoms with van der Waals surface area (Å²) in [7, 11) is 1.97. The maximum absolute atomic E-state index is 4.23. The maximum atomic E-state index is 4.23. The van der Waals surface area contributed by atoms with E-state index in [0.717, 1.165) is 26.1 Å². The summed E-state index contributed by atoms with van der Waals surface area (Å²) in [5, 5.41) is 7.73. The van der Waals surface area contributed by atoms with Crippen LogP contribution in [0.5, 0.6) is 0 Å². The first kappa shape index (κ1) is 14.7. The highest BCUT2D eigenvalue weighted by atomic mass is 35.5. The molecule has 0 saturated heterocycles. The summed E-state index contributed by atoms with van der Waals surface area (Å²) in [6.45, 7) is 3.22. The number of nitrogens with one attached hydrogen (secondary N) is 1. The maximum Gasteiger partial charge on any atom is 0.0602 e. The van der Waals surface area contributed by atoms with Crippen LogP contribution in [0.1, 0.15) is 12.0 Å². The first-order chi connectivity index (χ1) is 9.33. The Hall–Kier alpha value is -1.68. The van der Waals surface area contributed by atoms with E-state index in [-0.39, 0.29) is 12.4 Å². The molecule has 108 valence electrons. The van der Waals surface area contributed by atoms with Crippen LogP contribution in [0.4, 0.5) is 11.4 Å². The van der Waals surface area contributed by atoms with Crippen molar-refractivity contribution in [3.05, 3.63) is 42.2 Å². The van der Waals surface area contributed by atoms with Gasteiger partial charge in [-0.05, 0) is 30.5 Å². The monoisotopic (exact) mass is 292 g/mol. The van der Waals surface area contributed by atoms with Gasteiger partial charge in [-0.3, -0.25) is 4.68 Å². The van der Waals surface area contributed by atoms with Crippen molar-refractivity contribution >= 4 is 23.8 Å². The molecular weight excluding hydrogens is 272 g/mol. The lowest BCUT2D eigenvalue weighted by molar-refractivity contribution is 0.750. The van der Waals surface area contributed by atoms with Crippen molar-refractivity contribution in [2.75, 3.05) is 29.9 Å². The molecule has 0 amide bonds. The largest absolute Gasteiger partial charge is 0.383 e. The Morgan fingerprint density at radius 3 is 2.95 bits per heavy atom. The lowest BCUT2D eigenvalue weighted by atomic mass is 10.2. The minimum atomic E-state index is 0. The van der Waals surface area contributed by atoms with E-state index in [0.29, 0.717) is 0 Å². The fourth-order valence-electron chi connectivity index (χ4n) is 2.61. The van der Waals surface area contributed by atoms with Gasteiger partial charge in [-0.2, -0.15) is 5.10 Å². The summed E-state index contributed by atoms with van der Waals surface area (Å²) in [6.07, 6.45) is 6.29. The predicted molar refractivity (Wildman–Crippen MR) is 85.9 cm³/mol. The molecular formula is C15H21ClN4. The number of fused-ring (bicyclic) bond motifs is 1. The number of rotatable bonds is 3. The van der Waals surface area contributed by atoms with E-state index < -0.39 is 0 Å². The van der Waals surface area contributed by atoms with Gasteiger partial charge in [0.05, 0.1) is 17.6 Å². The van der Waals surface area contributed by atoms with Gasteiger partial charge in [-0.15, -0.1) is 12.4 Å². The van der Waals surface area contributed by atoms with Crippen LogP contribution in [-0.4, -0.2) is 29.4 Å². The second-order valence-electron chi connectivity index (χ2n) is 5.06. The number of hydrogen-bond acceptors (Lipinski definition) is 3. The molecule has 20 heavy (non-hydrogen) atoms. The minimum Gasteiger partial charge on any atom is -0.383 e. The van der Waals surface area contributed by atoms with E-state index in [4.69, 9.17) is 0 Å². The molecule has 4 nitrogen and oxygen atoms in total. The van der Waals surface area contributed by atoms with E-state index in [1.54, 1.807) is 0 Å². The van der Waals surface area contributed by atoms with Gasteiger partial charge in [-0.1, -0.05) is 12.1 Å². The van der Waals surface area contributed by atoms with Crippen molar-refractivity contribution in [1.29, 1.82) is 0 Å². The van der Waals surface area contributed by atoms with Gasteiger partial charge in [-0.25, -0.2) is 0 Å². The van der Waals surface area contributed by atoms with Crippen LogP contribution in [-0.2, 0) is 13.5 Å². The van der Waals surface area contributed by atoms with Gasteiger partial charge < -0.3 is 10.2 Å². The Bertz CT molecular complexity index is 552. The van der Waals surface area contributed by atoms with Gasteiger partial charge in [0.15, 0.2) is 0 Å². The second kappa shape index (κ2) is 6.66. The average Bonchev–Trinajstić information content (AvgIpc) is 2.73. The molecule has 1 aromatic carbocycles. The van der Waals surface area contributed by atoms with Crippen LogP contribution in [0.3, 0.4) is 0 Å². The fraction of sp³-hybridized carbons (Fsp3) is 0.400. The van der Waals surface area contributed by atoms with Crippen molar-refractivity contribution in [1.82, 2.24) is 9.78 Å². The summed E-state index contributed by atoms with van der Waals surface area (Å²) in [5.74, 6) is 0. The number of aryl methyl sites for hydroxylation is 1. The molecule has 1 N–H and O–H groups in total. The van der Waals surface area contributed by atoms with Gasteiger partial charge in [0.25, 0.3) is 0 Å². The SMILES string of the molecule is Cl.Cn1cc(CCN2CCCNc3ccccc32)cn1. The summed E-state index contributed by atoms with van der Waals surface area (Å²) in [4.78, 5) is 2.47. The Morgan fingerprint density at radius 2 is 2.15 bits per heavy atom. The normalized spacial score (nSPS) is 13.9. The van der Waals surface area contributed by atoms with Crippen molar-refractivity contribution in [3.8, 4) is 0 Å². The molecule has 0 fully saturated rings. The Morgan fingerprint density at radius 1 is 1.30 bits per heavy atom. The number of hydrogen-bond donors (Lipinski definition) is 1. The van der Waals surface area contributed by atoms with Gasteiger partial charge >= 0.3 is 0 Å². The zero-order valence-electron chi connectivity index (χ0n) is 11.7. The standard InChI is InChI=1S/C15H20N4.ClH/c1-18-12-13(11-17-18)7-10-19-9-4-8-16-14-5-2-3-6-15(14)19;/h2-3,5-6,11-12,16H,4,7-10H2,1H3;1H. The average molecular weight is 293 g/mol. The number of benzene rings is 1. The highest BCUT2D eigenvalue weighted by Crippen LogP contribution is 2.27. The fourth-order valence-corrected chi connectivity index (χ4v) is 2.61. The zero-order chi connectivity index (χ0) is 13.1. The molecule has 0 aliphatic carbocycles. The highest BCUT2D eigenvalue weighted by Gasteiger charge is 2.14. The van der Waals surface area contributed by atoms with Gasteiger partial charge in [0, 0.05) is 32.9 Å². The number of anilines is 2. The van der Waals surface area contributed by atoms with Crippen molar-refractivity contribution in [3.63, 3.8) is 0 Å². The van der Waals surface area contributed by atoms with E-state index in [1.807, 2.05) is 17.9 Å². The summed E-state index contributed by atoms with van der Waals surface area (Å²) < 4.78 is 1.87. The van der Waals surface area contributed by atoms with Crippen LogP contribution in [0.2, 0.25) is 0 Å². The summed E-state index contributed by atoms with van der Waals surface area (Å²) in [6, 6.07) is 8.58. The molecule has 1 aliphatic heterocycles. The molecule has 0 atom stereocenters. The van der Waals surface area contributed by atoms with E-state index in [9.17, 15) is 0 Å². The molecule has 1 aromatic heterocycles. The lowest BCUT2D eigenvalue weighted by Crippen LogP contribution is -2.26. The summed E-state index contributed by atoms with van der Waals surface area (Å²) in [5.41, 5.74) is 3.88. The second-order valence-corrected chi connectivity index (χ2v) is 5.06. The van der Waals surface area contributed by atoms with Gasteiger partial charge in [0.1, 0.15) is 0 Å². The highest BCUT2D eigenvalue weighted by molar-refractivity contribution is 5.85. The Kier molecular flexibility index (Phi) is 4.90. The molecule has 2 aromatic rings. The van der Waals surface area contributed by atoms with Crippen LogP contribution >= 0.6 is 12.4 Å². The van der Waals surface area contributed by atoms with E-state index in [2.05, 4.69) is 45.8 Å². The molecule has 0 spiro atoms. The molecule has 2 heterocycles. The van der Waals surface area contributed by atoms with Crippen LogP contribution in [0, 0.1) is 0 Å². The molecule has 0 bridgehead atoms. The minimum absolute atomic E-state index is 0. The van der Waals surface area contributed by atoms with Crippen molar-refractivity contribution in [2.45, 2.75) is 12.8 Å². The smallest absolute Gasteiger partial charge is 0.0602 e. The first-order valence-corrected chi connectivity index (χ1v) is 6.88. The first-order valence-electron chi connectivity index (χ1n) is 6.88. The molecule has 5 heteroatoms. The van der Waals surface area contributed by atoms with Crippen LogP contribution in [0.25, 0.3) is 0 Å². The van der Waals surface area contributed by atoms with Crippen LogP contribution < -0.4 is 10.2 Å². The topological polar surface area (TPSA) is 33.1 Å². The third-order valence-electron chi connectivity index (χ3n) is 3.59. The van der Waals surface area contributed by atoms with Crippen molar-refractivity contribution < 1.29 is 0 Å². The molecule has 3 rings (SSSR count). The molecule has 0 unspecified atom stereocenters. The van der Waals surface area contributed by atoms with E-state index >= 15 is 0 Å². The third-order valence-corrected chi connectivity index (χ3v) is 3.59.